The van der Waals surface area contributed by atoms with Gasteiger partial charge in [-0.15, -0.1) is 11.3 Å². The number of rotatable bonds is 8. The topological polar surface area (TPSA) is 85.8 Å². The molecule has 9 heteroatoms. The quantitative estimate of drug-likeness (QED) is 0.347. The predicted octanol–water partition coefficient (Wildman–Crippen LogP) is 1.24. The van der Waals surface area contributed by atoms with Crippen LogP contribution >= 0.6 is 11.3 Å². The number of nitrogens with one attached hydrogen (secondary N) is 3. The predicted molar refractivity (Wildman–Crippen MR) is 109 cm³/mol. The number of sulfonamides is 1. The normalized spacial score (nSPS) is 22.3. The summed E-state index contributed by atoms with van der Waals surface area (Å²) < 4.78 is 24.6. The third-order valence-corrected chi connectivity index (χ3v) is 6.28. The van der Waals surface area contributed by atoms with Crippen molar-refractivity contribution in [2.45, 2.75) is 25.3 Å². The van der Waals surface area contributed by atoms with Crippen LogP contribution in [0.1, 0.15) is 30.2 Å². The molecule has 26 heavy (non-hydrogen) atoms. The highest BCUT2D eigenvalue weighted by Gasteiger charge is 2.31. The van der Waals surface area contributed by atoms with Gasteiger partial charge in [0.2, 0.25) is 10.0 Å². The van der Waals surface area contributed by atoms with Crippen LogP contribution in [-0.4, -0.2) is 65.8 Å². The van der Waals surface area contributed by atoms with Gasteiger partial charge in [0.05, 0.1) is 6.26 Å². The van der Waals surface area contributed by atoms with Gasteiger partial charge in [-0.25, -0.2) is 13.1 Å². The zero-order chi connectivity index (χ0) is 19.0. The van der Waals surface area contributed by atoms with Crippen molar-refractivity contribution in [2.75, 3.05) is 46.5 Å². The summed E-state index contributed by atoms with van der Waals surface area (Å²) in [6.45, 7) is 3.10. The van der Waals surface area contributed by atoms with E-state index in [1.807, 2.05) is 11.3 Å². The van der Waals surface area contributed by atoms with Gasteiger partial charge in [-0.1, -0.05) is 6.07 Å². The van der Waals surface area contributed by atoms with Crippen LogP contribution in [0.15, 0.2) is 22.5 Å². The summed E-state index contributed by atoms with van der Waals surface area (Å²) in [6.07, 6.45) is 4.30. The maximum Gasteiger partial charge on any atom is 0.208 e. The van der Waals surface area contributed by atoms with Gasteiger partial charge in [0.15, 0.2) is 5.96 Å². The van der Waals surface area contributed by atoms with Gasteiger partial charge in [0, 0.05) is 37.6 Å². The Hall–Kier alpha value is -1.16. The van der Waals surface area contributed by atoms with Crippen LogP contribution in [0.5, 0.6) is 0 Å². The van der Waals surface area contributed by atoms with Crippen molar-refractivity contribution in [3.05, 3.63) is 22.4 Å². The number of nitrogens with zero attached hydrogens (tertiary/aromatic N) is 2. The first-order chi connectivity index (χ1) is 12.4. The summed E-state index contributed by atoms with van der Waals surface area (Å²) in [6, 6.07) is 4.80. The van der Waals surface area contributed by atoms with Crippen molar-refractivity contribution in [2.24, 2.45) is 10.9 Å². The number of thiophene rings is 1. The van der Waals surface area contributed by atoms with Crippen LogP contribution in [0.4, 0.5) is 0 Å². The van der Waals surface area contributed by atoms with E-state index in [0.717, 1.165) is 19.0 Å². The Morgan fingerprint density at radius 1 is 1.38 bits per heavy atom. The SMILES string of the molecule is CN=C(NCCCNS(C)(=O)=O)NCC1CCCN(C)C1c1cccs1. The fourth-order valence-corrected chi connectivity index (χ4v) is 4.88. The van der Waals surface area contributed by atoms with Crippen molar-refractivity contribution in [1.82, 2.24) is 20.3 Å². The maximum absolute atomic E-state index is 11.0. The molecule has 0 aliphatic carbocycles. The number of hydrogen-bond donors (Lipinski definition) is 3. The number of hydrogen-bond acceptors (Lipinski definition) is 5. The van der Waals surface area contributed by atoms with E-state index in [1.54, 1.807) is 7.05 Å². The molecule has 0 bridgehead atoms. The molecular formula is C17H31N5O2S2. The molecule has 148 valence electrons. The largest absolute Gasteiger partial charge is 0.356 e. The molecule has 7 nitrogen and oxygen atoms in total. The number of guanidine groups is 1. The number of likely N-dealkylation sites (tertiary alicyclic amines) is 1. The lowest BCUT2D eigenvalue weighted by Crippen LogP contribution is -2.45. The van der Waals surface area contributed by atoms with Gasteiger partial charge in [-0.3, -0.25) is 9.89 Å². The van der Waals surface area contributed by atoms with E-state index in [1.165, 1.54) is 24.0 Å². The second kappa shape index (κ2) is 10.2. The summed E-state index contributed by atoms with van der Waals surface area (Å²) >= 11 is 1.83. The van der Waals surface area contributed by atoms with E-state index in [2.05, 4.69) is 49.8 Å². The van der Waals surface area contributed by atoms with Gasteiger partial charge in [-0.2, -0.15) is 0 Å². The molecule has 3 N–H and O–H groups in total. The molecular weight excluding hydrogens is 370 g/mol. The van der Waals surface area contributed by atoms with E-state index >= 15 is 0 Å². The first-order valence-corrected chi connectivity index (χ1v) is 11.8. The molecule has 1 aromatic heterocycles. The van der Waals surface area contributed by atoms with Gasteiger partial charge in [0.1, 0.15) is 0 Å². The van der Waals surface area contributed by atoms with Crippen LogP contribution in [0.2, 0.25) is 0 Å². The van der Waals surface area contributed by atoms with Crippen LogP contribution in [0.3, 0.4) is 0 Å². The molecule has 1 aliphatic rings. The Morgan fingerprint density at radius 3 is 2.85 bits per heavy atom. The number of aliphatic imine (C=N–C) groups is 1. The van der Waals surface area contributed by atoms with E-state index in [0.29, 0.717) is 31.5 Å². The minimum Gasteiger partial charge on any atom is -0.356 e. The Balaban J connectivity index is 1.79. The third-order valence-electron chi connectivity index (χ3n) is 4.61. The summed E-state index contributed by atoms with van der Waals surface area (Å²) in [5, 5.41) is 8.83. The third kappa shape index (κ3) is 6.86. The smallest absolute Gasteiger partial charge is 0.208 e. The standard InChI is InChI=1S/C17H31N5O2S2/c1-18-17(19-9-6-10-21-26(3,23)24)20-13-14-7-4-11-22(2)16(14)15-8-5-12-25-15/h5,8,12,14,16,21H,4,6-7,9-11,13H2,1-3H3,(H2,18,19,20). The first kappa shape index (κ1) is 21.1. The van der Waals surface area contributed by atoms with Crippen LogP contribution < -0.4 is 15.4 Å². The summed E-state index contributed by atoms with van der Waals surface area (Å²) in [4.78, 5) is 8.15. The summed E-state index contributed by atoms with van der Waals surface area (Å²) in [5.41, 5.74) is 0. The molecule has 0 saturated carbocycles. The summed E-state index contributed by atoms with van der Waals surface area (Å²) in [5.74, 6) is 1.31. The summed E-state index contributed by atoms with van der Waals surface area (Å²) in [7, 11) is 0.849. The van der Waals surface area contributed by atoms with Gasteiger partial charge in [-0.05, 0) is 50.2 Å². The highest BCUT2D eigenvalue weighted by molar-refractivity contribution is 7.88. The second-order valence-corrected chi connectivity index (χ2v) is 9.56. The molecule has 0 spiro atoms. The Labute approximate surface area is 161 Å². The van der Waals surface area contributed by atoms with E-state index in [9.17, 15) is 8.42 Å². The molecule has 2 heterocycles. The second-order valence-electron chi connectivity index (χ2n) is 6.74. The highest BCUT2D eigenvalue weighted by atomic mass is 32.2. The van der Waals surface area contributed by atoms with Crippen molar-refractivity contribution in [1.29, 1.82) is 0 Å². The molecule has 0 aromatic carbocycles. The molecule has 2 rings (SSSR count). The fraction of sp³-hybridized carbons (Fsp3) is 0.706. The lowest BCUT2D eigenvalue weighted by Gasteiger charge is -2.39. The maximum atomic E-state index is 11.0. The average molecular weight is 402 g/mol. The van der Waals surface area contributed by atoms with Crippen LogP contribution in [0.25, 0.3) is 0 Å². The van der Waals surface area contributed by atoms with Crippen molar-refractivity contribution >= 4 is 27.3 Å². The minimum atomic E-state index is -3.12. The molecule has 1 saturated heterocycles. The molecule has 0 radical (unpaired) electrons. The molecule has 0 amide bonds. The van der Waals surface area contributed by atoms with Crippen molar-refractivity contribution in [3.8, 4) is 0 Å². The molecule has 2 atom stereocenters. The Bertz CT molecular complexity index is 661. The van der Waals surface area contributed by atoms with Crippen molar-refractivity contribution in [3.63, 3.8) is 0 Å². The monoisotopic (exact) mass is 401 g/mol. The van der Waals surface area contributed by atoms with Crippen LogP contribution in [0, 0.1) is 5.92 Å². The van der Waals surface area contributed by atoms with Gasteiger partial charge in [0.25, 0.3) is 0 Å². The van der Waals surface area contributed by atoms with E-state index in [-0.39, 0.29) is 0 Å². The molecule has 1 aromatic rings. The lowest BCUT2D eigenvalue weighted by atomic mass is 9.88. The zero-order valence-electron chi connectivity index (χ0n) is 15.9. The molecule has 1 fully saturated rings. The fourth-order valence-electron chi connectivity index (χ4n) is 3.38. The molecule has 1 aliphatic heterocycles. The Morgan fingerprint density at radius 2 is 2.19 bits per heavy atom. The van der Waals surface area contributed by atoms with Crippen molar-refractivity contribution < 1.29 is 8.42 Å². The highest BCUT2D eigenvalue weighted by Crippen LogP contribution is 2.36. The zero-order valence-corrected chi connectivity index (χ0v) is 17.5. The first-order valence-electron chi connectivity index (χ1n) is 9.03. The van der Waals surface area contributed by atoms with Crippen LogP contribution in [-0.2, 0) is 10.0 Å². The van der Waals surface area contributed by atoms with E-state index in [4.69, 9.17) is 0 Å². The Kier molecular flexibility index (Phi) is 8.33. The lowest BCUT2D eigenvalue weighted by molar-refractivity contribution is 0.125. The van der Waals surface area contributed by atoms with Gasteiger partial charge >= 0.3 is 0 Å². The number of piperidine rings is 1. The van der Waals surface area contributed by atoms with Gasteiger partial charge < -0.3 is 10.6 Å². The minimum absolute atomic E-state index is 0.427. The average Bonchev–Trinajstić information content (AvgIpc) is 3.10. The van der Waals surface area contributed by atoms with E-state index < -0.39 is 10.0 Å². The molecule has 2 unspecified atom stereocenters.